The van der Waals surface area contributed by atoms with Gasteiger partial charge in [-0.3, -0.25) is 5.84 Å². The maximum atomic E-state index is 13.7. The van der Waals surface area contributed by atoms with Crippen molar-refractivity contribution in [3.63, 3.8) is 0 Å². The average molecular weight is 318 g/mol. The molecular weight excluding hydrogens is 295 g/mol. The number of rotatable bonds is 5. The van der Waals surface area contributed by atoms with E-state index in [-0.39, 0.29) is 12.4 Å². The third kappa shape index (κ3) is 6.36. The molecule has 1 aromatic heterocycles. The first-order chi connectivity index (χ1) is 11.1. The molecule has 0 bridgehead atoms. The van der Waals surface area contributed by atoms with Gasteiger partial charge in [0.05, 0.1) is 0 Å². The van der Waals surface area contributed by atoms with Crippen molar-refractivity contribution in [3.05, 3.63) is 65.7 Å². The molecule has 1 aromatic carbocycles. The van der Waals surface area contributed by atoms with E-state index >= 15 is 0 Å². The van der Waals surface area contributed by atoms with Gasteiger partial charge in [-0.2, -0.15) is 0 Å². The number of nitrogens with zero attached hydrogens (tertiary/aromatic N) is 1. The lowest BCUT2D eigenvalue weighted by Gasteiger charge is -2.11. The van der Waals surface area contributed by atoms with Crippen LogP contribution in [0.25, 0.3) is 0 Å². The molecule has 5 nitrogen and oxygen atoms in total. The molecule has 0 saturated carbocycles. The lowest BCUT2D eigenvalue weighted by Crippen LogP contribution is -2.12. The zero-order valence-electron chi connectivity index (χ0n) is 13.6. The largest absolute Gasteiger partial charge is 0.473 e. The molecule has 0 aliphatic rings. The van der Waals surface area contributed by atoms with Crippen molar-refractivity contribution in [2.75, 3.05) is 12.4 Å². The van der Waals surface area contributed by atoms with Crippen LogP contribution in [0.3, 0.4) is 0 Å². The molecule has 0 radical (unpaired) electrons. The minimum Gasteiger partial charge on any atom is -0.473 e. The van der Waals surface area contributed by atoms with E-state index in [1.165, 1.54) is 6.07 Å². The van der Waals surface area contributed by atoms with Crippen LogP contribution in [0.4, 0.5) is 10.1 Å². The minimum absolute atomic E-state index is 0.152. The van der Waals surface area contributed by atoms with Crippen molar-refractivity contribution in [2.24, 2.45) is 5.84 Å². The molecule has 4 N–H and O–H groups in total. The van der Waals surface area contributed by atoms with Gasteiger partial charge in [-0.25, -0.2) is 9.37 Å². The number of benzene rings is 1. The van der Waals surface area contributed by atoms with Crippen LogP contribution in [0.2, 0.25) is 0 Å². The minimum atomic E-state index is -0.283. The first-order valence-electron chi connectivity index (χ1n) is 7.20. The lowest BCUT2D eigenvalue weighted by atomic mass is 10.2. The third-order valence-corrected chi connectivity index (χ3v) is 2.91. The molecule has 0 saturated heterocycles. The van der Waals surface area contributed by atoms with Crippen LogP contribution < -0.4 is 21.3 Å². The Morgan fingerprint density at radius 3 is 2.70 bits per heavy atom. The van der Waals surface area contributed by atoms with Gasteiger partial charge in [0.1, 0.15) is 12.4 Å². The van der Waals surface area contributed by atoms with Gasteiger partial charge in [-0.1, -0.05) is 12.1 Å². The summed E-state index contributed by atoms with van der Waals surface area (Å²) in [6, 6.07) is 8.60. The number of hydrogen-bond donors (Lipinski definition) is 3. The van der Waals surface area contributed by atoms with E-state index in [0.717, 1.165) is 11.3 Å². The van der Waals surface area contributed by atoms with Gasteiger partial charge in [0, 0.05) is 36.8 Å². The number of nitrogens with two attached hydrogens (primary N) is 1. The van der Waals surface area contributed by atoms with Gasteiger partial charge in [0.25, 0.3) is 0 Å². The molecule has 0 spiro atoms. The van der Waals surface area contributed by atoms with Gasteiger partial charge in [-0.15, -0.1) is 0 Å². The van der Waals surface area contributed by atoms with Gasteiger partial charge >= 0.3 is 0 Å². The Bertz CT molecular complexity index is 632. The smallest absolute Gasteiger partial charge is 0.213 e. The topological polar surface area (TPSA) is 72.2 Å². The Labute approximate surface area is 136 Å². The zero-order chi connectivity index (χ0) is 17.1. The van der Waals surface area contributed by atoms with Crippen LogP contribution in [0, 0.1) is 12.7 Å². The highest BCUT2D eigenvalue weighted by atomic mass is 19.1. The van der Waals surface area contributed by atoms with Crippen molar-refractivity contribution in [1.29, 1.82) is 0 Å². The average Bonchev–Trinajstić information content (AvgIpc) is 2.55. The predicted molar refractivity (Wildman–Crippen MR) is 91.4 cm³/mol. The number of allylic oxidation sites excluding steroid dienone is 1. The van der Waals surface area contributed by atoms with E-state index in [1.807, 2.05) is 38.1 Å². The molecule has 6 heteroatoms. The van der Waals surface area contributed by atoms with Crippen LogP contribution in [-0.2, 0) is 6.61 Å². The molecule has 0 amide bonds. The summed E-state index contributed by atoms with van der Waals surface area (Å²) in [7, 11) is 1.75. The second kappa shape index (κ2) is 10.2. The van der Waals surface area contributed by atoms with Gasteiger partial charge in [0.15, 0.2) is 0 Å². The van der Waals surface area contributed by atoms with E-state index in [9.17, 15) is 4.39 Å². The summed E-state index contributed by atoms with van der Waals surface area (Å²) in [5, 5.41) is 2.94. The summed E-state index contributed by atoms with van der Waals surface area (Å²) < 4.78 is 19.2. The summed E-state index contributed by atoms with van der Waals surface area (Å²) in [6.45, 7) is 4.00. The van der Waals surface area contributed by atoms with Crippen molar-refractivity contribution in [1.82, 2.24) is 10.4 Å². The van der Waals surface area contributed by atoms with E-state index in [1.54, 1.807) is 25.5 Å². The Hall–Kier alpha value is -2.60. The summed E-state index contributed by atoms with van der Waals surface area (Å²) in [6.07, 6.45) is 5.14. The Kier molecular flexibility index (Phi) is 8.17. The van der Waals surface area contributed by atoms with Gasteiger partial charge in [-0.05, 0) is 37.6 Å². The molecule has 0 aliphatic carbocycles. The third-order valence-electron chi connectivity index (χ3n) is 2.91. The number of hydrazine groups is 1. The number of halogens is 1. The van der Waals surface area contributed by atoms with Crippen molar-refractivity contribution in [3.8, 4) is 5.88 Å². The Morgan fingerprint density at radius 2 is 2.13 bits per heavy atom. The summed E-state index contributed by atoms with van der Waals surface area (Å²) in [4.78, 5) is 4.07. The summed E-state index contributed by atoms with van der Waals surface area (Å²) >= 11 is 0. The molecule has 23 heavy (non-hydrogen) atoms. The van der Waals surface area contributed by atoms with Gasteiger partial charge < -0.3 is 15.5 Å². The maximum Gasteiger partial charge on any atom is 0.213 e. The number of pyridine rings is 1. The highest BCUT2D eigenvalue weighted by Gasteiger charge is 2.08. The van der Waals surface area contributed by atoms with Crippen LogP contribution in [0.1, 0.15) is 18.1 Å². The van der Waals surface area contributed by atoms with Crippen LogP contribution in [0.15, 0.2) is 48.8 Å². The number of aryl methyl sites for hydroxylation is 1. The first kappa shape index (κ1) is 18.4. The molecule has 2 aromatic rings. The molecule has 0 unspecified atom stereocenters. The summed E-state index contributed by atoms with van der Waals surface area (Å²) in [5.41, 5.74) is 4.62. The number of nitrogens with one attached hydrogen (secondary N) is 2. The summed E-state index contributed by atoms with van der Waals surface area (Å²) in [5.74, 6) is 5.02. The number of aromatic nitrogens is 1. The highest BCUT2D eigenvalue weighted by Crippen LogP contribution is 2.20. The fourth-order valence-electron chi connectivity index (χ4n) is 1.77. The van der Waals surface area contributed by atoms with Crippen LogP contribution in [-0.4, -0.2) is 12.0 Å². The number of ether oxygens (including phenoxy) is 1. The van der Waals surface area contributed by atoms with E-state index in [4.69, 9.17) is 10.6 Å². The van der Waals surface area contributed by atoms with E-state index < -0.39 is 0 Å². The monoisotopic (exact) mass is 318 g/mol. The fourth-order valence-corrected chi connectivity index (χ4v) is 1.77. The van der Waals surface area contributed by atoms with E-state index in [2.05, 4.69) is 15.7 Å². The molecule has 0 fully saturated rings. The number of hydrogen-bond acceptors (Lipinski definition) is 5. The molecule has 2 rings (SSSR count). The quantitative estimate of drug-likeness (QED) is 0.583. The van der Waals surface area contributed by atoms with Gasteiger partial charge in [0.2, 0.25) is 5.88 Å². The second-order valence-corrected chi connectivity index (χ2v) is 4.64. The van der Waals surface area contributed by atoms with Crippen molar-refractivity contribution >= 4 is 5.69 Å². The van der Waals surface area contributed by atoms with Crippen molar-refractivity contribution in [2.45, 2.75) is 20.5 Å². The standard InChI is InChI=1S/C14H15FN2O.C3H8N2/c1-10-6-7-17-14(8-10)18-9-11-12(15)4-3-5-13(11)16-2;1-2-3-5-4/h3-8,16H,9H2,1-2H3;2-3,5H,4H2,1H3/b;3-2+. The Balaban J connectivity index is 0.000000463. The SMILES string of the molecule is C/C=C/NN.CNc1cccc(F)c1COc1cc(C)ccn1. The zero-order valence-corrected chi connectivity index (χ0v) is 13.6. The molecular formula is C17H23FN4O. The normalized spacial score (nSPS) is 9.96. The predicted octanol–water partition coefficient (Wildman–Crippen LogP) is 3.13. The second-order valence-electron chi connectivity index (χ2n) is 4.64. The maximum absolute atomic E-state index is 13.7. The first-order valence-corrected chi connectivity index (χ1v) is 7.20. The van der Waals surface area contributed by atoms with E-state index in [0.29, 0.717) is 11.4 Å². The van der Waals surface area contributed by atoms with Crippen LogP contribution in [0.5, 0.6) is 5.88 Å². The highest BCUT2D eigenvalue weighted by molar-refractivity contribution is 5.51. The fraction of sp³-hybridized carbons (Fsp3) is 0.235. The molecule has 1 heterocycles. The Morgan fingerprint density at radius 1 is 1.35 bits per heavy atom. The molecule has 124 valence electrons. The van der Waals surface area contributed by atoms with Crippen LogP contribution >= 0.6 is 0 Å². The van der Waals surface area contributed by atoms with Crippen molar-refractivity contribution < 1.29 is 9.13 Å². The number of anilines is 1. The molecule has 0 atom stereocenters. The lowest BCUT2D eigenvalue weighted by molar-refractivity contribution is 0.288. The molecule has 0 aliphatic heterocycles.